The Morgan fingerprint density at radius 1 is 1.40 bits per heavy atom. The number of unbranched alkanes of at least 4 members (excludes halogenated alkanes) is 2. The number of hydrogen-bond acceptors (Lipinski definition) is 1. The summed E-state index contributed by atoms with van der Waals surface area (Å²) in [6.07, 6.45) is 8.15. The summed E-state index contributed by atoms with van der Waals surface area (Å²) >= 11 is 0. The summed E-state index contributed by atoms with van der Waals surface area (Å²) in [6.45, 7) is 5.20. The summed E-state index contributed by atoms with van der Waals surface area (Å²) in [5.41, 5.74) is 0. The van der Waals surface area contributed by atoms with Crippen molar-refractivity contribution in [3.63, 3.8) is 0 Å². The first kappa shape index (κ1) is 9.92. The van der Waals surface area contributed by atoms with E-state index < -0.39 is 0 Å². The molecule has 0 aromatic rings. The molecule has 0 aliphatic heterocycles. The largest absolute Gasteiger partial charge is 0.421 e. The first-order chi connectivity index (χ1) is 4.91. The van der Waals surface area contributed by atoms with Crippen molar-refractivity contribution in [2.24, 2.45) is 0 Å². The molecule has 0 aromatic carbocycles. The molecule has 0 unspecified atom stereocenters. The van der Waals surface area contributed by atoms with Crippen LogP contribution in [-0.4, -0.2) is 16.4 Å². The van der Waals surface area contributed by atoms with E-state index in [2.05, 4.69) is 25.6 Å². The monoisotopic (exact) mass is 158 g/mol. The summed E-state index contributed by atoms with van der Waals surface area (Å²) in [7, 11) is -0.177. The van der Waals surface area contributed by atoms with E-state index in [9.17, 15) is 0 Å². The van der Waals surface area contributed by atoms with Crippen molar-refractivity contribution in [2.75, 3.05) is 6.61 Å². The van der Waals surface area contributed by atoms with Crippen molar-refractivity contribution < 1.29 is 4.43 Å². The van der Waals surface area contributed by atoms with Gasteiger partial charge in [-0.25, -0.2) is 0 Å². The first-order valence-corrected chi connectivity index (χ1v) is 6.13. The fourth-order valence-electron chi connectivity index (χ4n) is 0.694. The molecule has 0 spiro atoms. The van der Waals surface area contributed by atoms with Gasteiger partial charge in [-0.15, -0.1) is 0 Å². The van der Waals surface area contributed by atoms with Gasteiger partial charge in [0.05, 0.1) is 6.61 Å². The summed E-state index contributed by atoms with van der Waals surface area (Å²) < 4.78 is 5.27. The highest BCUT2D eigenvalue weighted by Crippen LogP contribution is 1.94. The summed E-state index contributed by atoms with van der Waals surface area (Å²) in [4.78, 5) is 0. The average Bonchev–Trinajstić information content (AvgIpc) is 1.97. The maximum Gasteiger partial charge on any atom is 0.158 e. The third-order valence-corrected chi connectivity index (χ3v) is 1.95. The Morgan fingerprint density at radius 2 is 2.20 bits per heavy atom. The van der Waals surface area contributed by atoms with Gasteiger partial charge in [0.2, 0.25) is 0 Å². The van der Waals surface area contributed by atoms with E-state index in [0.29, 0.717) is 0 Å². The van der Waals surface area contributed by atoms with Crippen molar-refractivity contribution in [1.29, 1.82) is 0 Å². The van der Waals surface area contributed by atoms with Gasteiger partial charge in [-0.2, -0.15) is 0 Å². The van der Waals surface area contributed by atoms with E-state index in [0.717, 1.165) is 6.61 Å². The van der Waals surface area contributed by atoms with Gasteiger partial charge >= 0.3 is 0 Å². The number of hydrogen-bond donors (Lipinski definition) is 0. The molecule has 0 amide bonds. The second-order valence-electron chi connectivity index (χ2n) is 2.27. The zero-order chi connectivity index (χ0) is 7.66. The van der Waals surface area contributed by atoms with E-state index in [1.54, 1.807) is 0 Å². The smallest absolute Gasteiger partial charge is 0.158 e. The van der Waals surface area contributed by atoms with Crippen LogP contribution in [0.3, 0.4) is 0 Å². The quantitative estimate of drug-likeness (QED) is 0.326. The molecular weight excluding hydrogens is 140 g/mol. The van der Waals surface area contributed by atoms with Gasteiger partial charge in [0.15, 0.2) is 9.76 Å². The normalized spacial score (nSPS) is 12.2. The molecule has 0 saturated carbocycles. The third-order valence-electron chi connectivity index (χ3n) is 1.31. The number of rotatable bonds is 6. The van der Waals surface area contributed by atoms with Gasteiger partial charge in [0.1, 0.15) is 0 Å². The molecule has 0 aromatic heterocycles. The Labute approximate surface area is 66.4 Å². The topological polar surface area (TPSA) is 9.23 Å². The van der Waals surface area contributed by atoms with Crippen LogP contribution in [0.5, 0.6) is 0 Å². The van der Waals surface area contributed by atoms with Crippen LogP contribution in [0, 0.1) is 0 Å². The highest BCUT2D eigenvalue weighted by molar-refractivity contribution is 6.24. The maximum atomic E-state index is 5.27. The minimum atomic E-state index is -0.177. The molecule has 2 heteroatoms. The lowest BCUT2D eigenvalue weighted by molar-refractivity contribution is 0.388. The fourth-order valence-corrected chi connectivity index (χ4v) is 1.07. The van der Waals surface area contributed by atoms with Gasteiger partial charge in [-0.05, 0) is 6.42 Å². The molecule has 60 valence electrons. The van der Waals surface area contributed by atoms with Gasteiger partial charge in [-0.1, -0.05) is 38.5 Å². The Morgan fingerprint density at radius 3 is 2.80 bits per heavy atom. The van der Waals surface area contributed by atoms with Crippen molar-refractivity contribution in [1.82, 2.24) is 0 Å². The predicted molar refractivity (Wildman–Crippen MR) is 49.0 cm³/mol. The van der Waals surface area contributed by atoms with Crippen LogP contribution in [-0.2, 0) is 4.43 Å². The van der Waals surface area contributed by atoms with Crippen molar-refractivity contribution in [3.05, 3.63) is 12.2 Å². The lowest BCUT2D eigenvalue weighted by atomic mass is 10.2. The Hall–Kier alpha value is -0.0831. The maximum absolute atomic E-state index is 5.27. The highest BCUT2D eigenvalue weighted by Gasteiger charge is 1.78. The summed E-state index contributed by atoms with van der Waals surface area (Å²) in [5, 5.41) is 0. The first-order valence-electron chi connectivity index (χ1n) is 4.14. The molecule has 0 bridgehead atoms. The van der Waals surface area contributed by atoms with Crippen LogP contribution < -0.4 is 0 Å². The average molecular weight is 158 g/mol. The van der Waals surface area contributed by atoms with Gasteiger partial charge < -0.3 is 4.43 Å². The molecule has 0 N–H and O–H groups in total. The van der Waals surface area contributed by atoms with Crippen LogP contribution in [0.15, 0.2) is 12.2 Å². The molecule has 10 heavy (non-hydrogen) atoms. The molecular formula is C8H18OSi. The van der Waals surface area contributed by atoms with Gasteiger partial charge in [0, 0.05) is 0 Å². The van der Waals surface area contributed by atoms with E-state index >= 15 is 0 Å². The predicted octanol–water partition coefficient (Wildman–Crippen LogP) is 1.88. The Kier molecular flexibility index (Phi) is 8.84. The molecule has 0 aliphatic rings. The Balaban J connectivity index is 2.89. The molecule has 0 heterocycles. The zero-order valence-corrected chi connectivity index (χ0v) is 8.51. The SMILES string of the molecule is CCCCC=CCO[SiH2]C. The lowest BCUT2D eigenvalue weighted by Crippen LogP contribution is -1.91. The van der Waals surface area contributed by atoms with E-state index in [1.165, 1.54) is 19.3 Å². The van der Waals surface area contributed by atoms with Crippen LogP contribution in [0.25, 0.3) is 0 Å². The molecule has 0 radical (unpaired) electrons. The third kappa shape index (κ3) is 7.92. The molecule has 0 atom stereocenters. The van der Waals surface area contributed by atoms with Crippen molar-refractivity contribution in [2.45, 2.75) is 32.7 Å². The lowest BCUT2D eigenvalue weighted by Gasteiger charge is -1.92. The summed E-state index contributed by atoms with van der Waals surface area (Å²) in [5.74, 6) is 0. The van der Waals surface area contributed by atoms with Gasteiger partial charge in [0.25, 0.3) is 0 Å². The van der Waals surface area contributed by atoms with Crippen LogP contribution in [0.1, 0.15) is 26.2 Å². The molecule has 0 aliphatic carbocycles. The highest BCUT2D eigenvalue weighted by atomic mass is 28.2. The van der Waals surface area contributed by atoms with Gasteiger partial charge in [-0.3, -0.25) is 0 Å². The van der Waals surface area contributed by atoms with E-state index in [4.69, 9.17) is 4.43 Å². The second kappa shape index (κ2) is 8.92. The van der Waals surface area contributed by atoms with Crippen molar-refractivity contribution >= 4 is 9.76 Å². The Bertz CT molecular complexity index is 71.3. The second-order valence-corrected chi connectivity index (χ2v) is 3.26. The molecule has 0 fully saturated rings. The van der Waals surface area contributed by atoms with Crippen LogP contribution >= 0.6 is 0 Å². The zero-order valence-electron chi connectivity index (χ0n) is 7.10. The minimum absolute atomic E-state index is 0.177. The van der Waals surface area contributed by atoms with Crippen LogP contribution in [0.2, 0.25) is 6.55 Å². The van der Waals surface area contributed by atoms with Crippen LogP contribution in [0.4, 0.5) is 0 Å². The van der Waals surface area contributed by atoms with E-state index in [-0.39, 0.29) is 9.76 Å². The standard InChI is InChI=1S/C8H18OSi/c1-3-4-5-6-7-8-9-10-2/h6-7H,3-5,8,10H2,1-2H3. The van der Waals surface area contributed by atoms with Crippen molar-refractivity contribution in [3.8, 4) is 0 Å². The number of allylic oxidation sites excluding steroid dienone is 1. The minimum Gasteiger partial charge on any atom is -0.421 e. The molecule has 0 rings (SSSR count). The summed E-state index contributed by atoms with van der Waals surface area (Å²) in [6, 6.07) is 0. The fraction of sp³-hybridized carbons (Fsp3) is 0.750. The van der Waals surface area contributed by atoms with E-state index in [1.807, 2.05) is 0 Å². The molecule has 0 saturated heterocycles. The molecule has 1 nitrogen and oxygen atoms in total.